The van der Waals surface area contributed by atoms with Crippen LogP contribution in [-0.2, 0) is 5.60 Å². The Kier molecular flexibility index (Phi) is 5.89. The highest BCUT2D eigenvalue weighted by atomic mass is 35.5. The number of hydrogen-bond acceptors (Lipinski definition) is 3. The Labute approximate surface area is 154 Å². The first kappa shape index (κ1) is 18.1. The van der Waals surface area contributed by atoms with Crippen LogP contribution in [0.3, 0.4) is 0 Å². The molecule has 1 aliphatic heterocycles. The number of ketones is 1. The number of carbonyl (C=O) groups excluding carboxylic acids is 1. The minimum atomic E-state index is -0.839. The highest BCUT2D eigenvalue weighted by Gasteiger charge is 2.35. The summed E-state index contributed by atoms with van der Waals surface area (Å²) in [7, 11) is 0. The number of hydrogen-bond donors (Lipinski definition) is 1. The molecule has 0 saturated carbocycles. The van der Waals surface area contributed by atoms with Crippen LogP contribution in [0.4, 0.5) is 0 Å². The van der Waals surface area contributed by atoms with Gasteiger partial charge in [0.2, 0.25) is 0 Å². The Morgan fingerprint density at radius 1 is 1.04 bits per heavy atom. The van der Waals surface area contributed by atoms with Gasteiger partial charge in [-0.2, -0.15) is 0 Å². The van der Waals surface area contributed by atoms with Crippen LogP contribution in [-0.4, -0.2) is 35.4 Å². The largest absolute Gasteiger partial charge is 0.385 e. The van der Waals surface area contributed by atoms with E-state index in [9.17, 15) is 9.90 Å². The van der Waals surface area contributed by atoms with Crippen molar-refractivity contribution >= 4 is 17.4 Å². The van der Waals surface area contributed by atoms with E-state index in [1.807, 2.05) is 54.6 Å². The second-order valence-corrected chi connectivity index (χ2v) is 7.15. The van der Waals surface area contributed by atoms with Crippen LogP contribution in [0.15, 0.2) is 54.6 Å². The minimum absolute atomic E-state index is 0.199. The Hall–Kier alpha value is -1.68. The van der Waals surface area contributed by atoms with Gasteiger partial charge in [0, 0.05) is 35.7 Å². The van der Waals surface area contributed by atoms with Gasteiger partial charge in [0.1, 0.15) is 0 Å². The molecule has 1 heterocycles. The van der Waals surface area contributed by atoms with Crippen LogP contribution in [0, 0.1) is 0 Å². The van der Waals surface area contributed by atoms with Gasteiger partial charge in [0.15, 0.2) is 5.78 Å². The van der Waals surface area contributed by atoms with Crippen molar-refractivity contribution in [2.45, 2.75) is 31.3 Å². The topological polar surface area (TPSA) is 40.5 Å². The zero-order valence-electron chi connectivity index (χ0n) is 14.3. The molecule has 0 atom stereocenters. The molecule has 0 bridgehead atoms. The number of nitrogens with zero attached hydrogens (tertiary/aromatic N) is 1. The quantitative estimate of drug-likeness (QED) is 0.784. The highest BCUT2D eigenvalue weighted by molar-refractivity contribution is 6.31. The van der Waals surface area contributed by atoms with E-state index in [-0.39, 0.29) is 5.78 Å². The SMILES string of the molecule is O=C(CCCN1CCC(O)(c2ccccc2Cl)CC1)c1ccccc1. The first-order chi connectivity index (χ1) is 12.1. The summed E-state index contributed by atoms with van der Waals surface area (Å²) in [6.07, 6.45) is 2.75. The van der Waals surface area contributed by atoms with Gasteiger partial charge in [-0.1, -0.05) is 60.1 Å². The van der Waals surface area contributed by atoms with Crippen molar-refractivity contribution in [3.05, 3.63) is 70.7 Å². The molecule has 3 nitrogen and oxygen atoms in total. The molecule has 0 radical (unpaired) electrons. The van der Waals surface area contributed by atoms with E-state index < -0.39 is 5.60 Å². The molecule has 0 spiro atoms. The van der Waals surface area contributed by atoms with E-state index in [2.05, 4.69) is 4.90 Å². The molecule has 1 N–H and O–H groups in total. The fourth-order valence-electron chi connectivity index (χ4n) is 3.49. The fourth-order valence-corrected chi connectivity index (χ4v) is 3.80. The van der Waals surface area contributed by atoms with Gasteiger partial charge in [-0.25, -0.2) is 0 Å². The Balaban J connectivity index is 1.47. The lowest BCUT2D eigenvalue weighted by Gasteiger charge is -2.39. The first-order valence-electron chi connectivity index (χ1n) is 8.86. The summed E-state index contributed by atoms with van der Waals surface area (Å²) in [5, 5.41) is 11.6. The van der Waals surface area contributed by atoms with Crippen molar-refractivity contribution in [2.75, 3.05) is 19.6 Å². The average molecular weight is 358 g/mol. The molecule has 3 rings (SSSR count). The van der Waals surface area contributed by atoms with Crippen molar-refractivity contribution in [3.63, 3.8) is 0 Å². The maximum atomic E-state index is 12.1. The van der Waals surface area contributed by atoms with Crippen molar-refractivity contribution in [2.24, 2.45) is 0 Å². The lowest BCUT2D eigenvalue weighted by molar-refractivity contribution is -0.0259. The van der Waals surface area contributed by atoms with Crippen molar-refractivity contribution in [1.82, 2.24) is 4.90 Å². The molecule has 132 valence electrons. The smallest absolute Gasteiger partial charge is 0.162 e. The number of likely N-dealkylation sites (tertiary alicyclic amines) is 1. The molecule has 2 aromatic carbocycles. The van der Waals surface area contributed by atoms with E-state index in [0.29, 0.717) is 24.3 Å². The van der Waals surface area contributed by atoms with Gasteiger partial charge in [0.05, 0.1) is 5.60 Å². The summed E-state index contributed by atoms with van der Waals surface area (Å²) in [6.45, 7) is 2.53. The van der Waals surface area contributed by atoms with Crippen molar-refractivity contribution < 1.29 is 9.90 Å². The second-order valence-electron chi connectivity index (χ2n) is 6.75. The molecule has 1 saturated heterocycles. The third-order valence-electron chi connectivity index (χ3n) is 5.03. The maximum absolute atomic E-state index is 12.1. The lowest BCUT2D eigenvalue weighted by atomic mass is 9.84. The Bertz CT molecular complexity index is 709. The number of halogens is 1. The summed E-state index contributed by atoms with van der Waals surface area (Å²) < 4.78 is 0. The maximum Gasteiger partial charge on any atom is 0.162 e. The lowest BCUT2D eigenvalue weighted by Crippen LogP contribution is -2.43. The van der Waals surface area contributed by atoms with E-state index in [4.69, 9.17) is 11.6 Å². The molecular formula is C21H24ClNO2. The minimum Gasteiger partial charge on any atom is -0.385 e. The molecule has 25 heavy (non-hydrogen) atoms. The predicted octanol–water partition coefficient (Wildman–Crippen LogP) is 4.29. The van der Waals surface area contributed by atoms with Crippen molar-refractivity contribution in [1.29, 1.82) is 0 Å². The average Bonchev–Trinajstić information content (AvgIpc) is 2.64. The number of Topliss-reactive ketones (excluding diaryl/α,β-unsaturated/α-hetero) is 1. The molecule has 2 aromatic rings. The van der Waals surface area contributed by atoms with Crippen LogP contribution in [0.5, 0.6) is 0 Å². The molecular weight excluding hydrogens is 334 g/mol. The number of rotatable bonds is 6. The van der Waals surface area contributed by atoms with E-state index in [0.717, 1.165) is 37.2 Å². The third-order valence-corrected chi connectivity index (χ3v) is 5.36. The normalized spacial score (nSPS) is 17.4. The molecule has 1 aliphatic rings. The summed E-state index contributed by atoms with van der Waals surface area (Å²) in [5.41, 5.74) is 0.777. The summed E-state index contributed by atoms with van der Waals surface area (Å²) in [6, 6.07) is 17.0. The molecule has 0 aromatic heterocycles. The highest BCUT2D eigenvalue weighted by Crippen LogP contribution is 2.36. The second kappa shape index (κ2) is 8.13. The molecule has 0 amide bonds. The van der Waals surface area contributed by atoms with Crippen LogP contribution < -0.4 is 0 Å². The van der Waals surface area contributed by atoms with Crippen LogP contribution in [0.25, 0.3) is 0 Å². The number of piperidine rings is 1. The zero-order chi connectivity index (χ0) is 17.7. The van der Waals surface area contributed by atoms with Crippen LogP contribution in [0.1, 0.15) is 41.6 Å². The number of carbonyl (C=O) groups is 1. The summed E-state index contributed by atoms with van der Waals surface area (Å²) in [4.78, 5) is 14.5. The molecule has 0 unspecified atom stereocenters. The van der Waals surface area contributed by atoms with E-state index >= 15 is 0 Å². The number of aliphatic hydroxyl groups is 1. The monoisotopic (exact) mass is 357 g/mol. The summed E-state index contributed by atoms with van der Waals surface area (Å²) >= 11 is 6.25. The van der Waals surface area contributed by atoms with Crippen LogP contribution in [0.2, 0.25) is 5.02 Å². The molecule has 0 aliphatic carbocycles. The molecule has 1 fully saturated rings. The third kappa shape index (κ3) is 4.49. The van der Waals surface area contributed by atoms with Gasteiger partial charge >= 0.3 is 0 Å². The first-order valence-corrected chi connectivity index (χ1v) is 9.24. The summed E-state index contributed by atoms with van der Waals surface area (Å²) in [5.74, 6) is 0.199. The zero-order valence-corrected chi connectivity index (χ0v) is 15.1. The van der Waals surface area contributed by atoms with Crippen molar-refractivity contribution in [3.8, 4) is 0 Å². The fraction of sp³-hybridized carbons (Fsp3) is 0.381. The van der Waals surface area contributed by atoms with Gasteiger partial charge < -0.3 is 10.0 Å². The predicted molar refractivity (Wildman–Crippen MR) is 101 cm³/mol. The standard InChI is InChI=1S/C21H24ClNO2/c22-19-10-5-4-9-18(19)21(25)12-15-23(16-13-21)14-6-11-20(24)17-7-2-1-3-8-17/h1-5,7-10,25H,6,11-16H2. The van der Waals surface area contributed by atoms with E-state index in [1.165, 1.54) is 0 Å². The van der Waals surface area contributed by atoms with Crippen LogP contribution >= 0.6 is 11.6 Å². The van der Waals surface area contributed by atoms with Gasteiger partial charge in [-0.05, 0) is 31.9 Å². The van der Waals surface area contributed by atoms with Gasteiger partial charge in [-0.15, -0.1) is 0 Å². The number of benzene rings is 2. The Morgan fingerprint density at radius 2 is 1.68 bits per heavy atom. The van der Waals surface area contributed by atoms with Gasteiger partial charge in [0.25, 0.3) is 0 Å². The Morgan fingerprint density at radius 3 is 2.36 bits per heavy atom. The van der Waals surface area contributed by atoms with E-state index in [1.54, 1.807) is 0 Å². The molecule has 4 heteroatoms. The van der Waals surface area contributed by atoms with Gasteiger partial charge in [-0.3, -0.25) is 4.79 Å².